The highest BCUT2D eigenvalue weighted by molar-refractivity contribution is 7.99. The molecule has 5 nitrogen and oxygen atoms in total. The van der Waals surface area contributed by atoms with Crippen LogP contribution in [0.3, 0.4) is 0 Å². The number of hydrogen-bond acceptors (Lipinski definition) is 5. The Labute approximate surface area is 178 Å². The number of rotatable bonds is 6. The molecule has 8 heteroatoms. The van der Waals surface area contributed by atoms with Crippen molar-refractivity contribution in [2.24, 2.45) is 0 Å². The van der Waals surface area contributed by atoms with Gasteiger partial charge in [-0.3, -0.25) is 4.79 Å². The Morgan fingerprint density at radius 2 is 1.77 bits per heavy atom. The van der Waals surface area contributed by atoms with E-state index in [4.69, 9.17) is 0 Å². The van der Waals surface area contributed by atoms with Crippen LogP contribution in [0.5, 0.6) is 0 Å². The van der Waals surface area contributed by atoms with Gasteiger partial charge in [0.1, 0.15) is 5.82 Å². The molecular formula is C22H22F2N4OS. The molecule has 30 heavy (non-hydrogen) atoms. The van der Waals surface area contributed by atoms with Crippen molar-refractivity contribution in [2.75, 3.05) is 6.54 Å². The van der Waals surface area contributed by atoms with Gasteiger partial charge < -0.3 is 5.32 Å². The van der Waals surface area contributed by atoms with Gasteiger partial charge in [0.25, 0.3) is 11.8 Å². The van der Waals surface area contributed by atoms with Crippen LogP contribution in [-0.2, 0) is 5.92 Å². The molecule has 0 bridgehead atoms. The highest BCUT2D eigenvalue weighted by Crippen LogP contribution is 2.32. The molecule has 0 aliphatic carbocycles. The molecule has 0 radical (unpaired) electrons. The van der Waals surface area contributed by atoms with E-state index in [1.165, 1.54) is 17.8 Å². The molecule has 3 rings (SSSR count). The predicted molar refractivity (Wildman–Crippen MR) is 112 cm³/mol. The normalized spacial score (nSPS) is 11.4. The molecule has 1 heterocycles. The van der Waals surface area contributed by atoms with Crippen LogP contribution in [0.15, 0.2) is 52.4 Å². The van der Waals surface area contributed by atoms with Gasteiger partial charge in [-0.1, -0.05) is 53.7 Å². The Bertz CT molecular complexity index is 1090. The van der Waals surface area contributed by atoms with Gasteiger partial charge in [0.2, 0.25) is 0 Å². The molecule has 0 saturated heterocycles. The number of nitrogens with one attached hydrogen (secondary N) is 1. The lowest BCUT2D eigenvalue weighted by Gasteiger charge is -2.20. The highest BCUT2D eigenvalue weighted by atomic mass is 32.2. The summed E-state index contributed by atoms with van der Waals surface area (Å²) in [5, 5.41) is 10.6. The summed E-state index contributed by atoms with van der Waals surface area (Å²) >= 11 is 1.23. The lowest BCUT2D eigenvalue weighted by atomic mass is 10.0. The maximum Gasteiger partial charge on any atom is 0.290 e. The van der Waals surface area contributed by atoms with E-state index in [2.05, 4.69) is 20.5 Å². The fourth-order valence-corrected chi connectivity index (χ4v) is 3.88. The first-order chi connectivity index (χ1) is 14.2. The predicted octanol–water partition coefficient (Wildman–Crippen LogP) is 4.78. The molecule has 0 aliphatic heterocycles. The van der Waals surface area contributed by atoms with E-state index in [9.17, 15) is 13.6 Å². The van der Waals surface area contributed by atoms with Crippen LogP contribution in [0.1, 0.15) is 38.6 Å². The second kappa shape index (κ2) is 8.87. The Hall–Kier alpha value is -2.87. The summed E-state index contributed by atoms with van der Waals surface area (Å²) in [6, 6.07) is 12.3. The van der Waals surface area contributed by atoms with Gasteiger partial charge in [-0.05, 0) is 44.9 Å². The summed E-state index contributed by atoms with van der Waals surface area (Å²) in [5.74, 6) is -3.64. The fraction of sp³-hybridized carbons (Fsp3) is 0.273. The number of hydrogen-bond donors (Lipinski definition) is 1. The van der Waals surface area contributed by atoms with E-state index in [0.29, 0.717) is 5.56 Å². The molecular weight excluding hydrogens is 406 g/mol. The Morgan fingerprint density at radius 1 is 1.03 bits per heavy atom. The van der Waals surface area contributed by atoms with Crippen molar-refractivity contribution in [1.29, 1.82) is 0 Å². The lowest BCUT2D eigenvalue weighted by Crippen LogP contribution is -2.36. The SMILES string of the molecule is Cc1ccc(C(F)(F)CNC(=O)c2nc(C)nnc2Sc2ccccc2C)c(C)c1. The van der Waals surface area contributed by atoms with Crippen molar-refractivity contribution in [3.8, 4) is 0 Å². The minimum absolute atomic E-state index is 0.0211. The zero-order valence-corrected chi connectivity index (χ0v) is 18.0. The molecule has 0 fully saturated rings. The molecule has 0 unspecified atom stereocenters. The molecule has 0 saturated carbocycles. The van der Waals surface area contributed by atoms with Crippen molar-refractivity contribution in [2.45, 2.75) is 43.5 Å². The van der Waals surface area contributed by atoms with Crippen molar-refractivity contribution in [3.63, 3.8) is 0 Å². The van der Waals surface area contributed by atoms with Crippen molar-refractivity contribution >= 4 is 17.7 Å². The van der Waals surface area contributed by atoms with Gasteiger partial charge in [0.05, 0.1) is 6.54 Å². The average Bonchev–Trinajstić information content (AvgIpc) is 2.69. The quantitative estimate of drug-likeness (QED) is 0.612. The maximum absolute atomic E-state index is 14.7. The molecule has 3 aromatic rings. The van der Waals surface area contributed by atoms with Crippen LogP contribution >= 0.6 is 11.8 Å². The van der Waals surface area contributed by atoms with Crippen molar-refractivity contribution < 1.29 is 13.6 Å². The molecule has 2 aromatic carbocycles. The minimum Gasteiger partial charge on any atom is -0.344 e. The molecule has 156 valence electrons. The number of nitrogens with zero attached hydrogens (tertiary/aromatic N) is 3. The second-order valence-corrected chi connectivity index (χ2v) is 8.12. The van der Waals surface area contributed by atoms with E-state index >= 15 is 0 Å². The van der Waals surface area contributed by atoms with Crippen LogP contribution in [0.2, 0.25) is 0 Å². The van der Waals surface area contributed by atoms with Crippen molar-refractivity contribution in [3.05, 3.63) is 76.2 Å². The lowest BCUT2D eigenvalue weighted by molar-refractivity contribution is -0.00316. The van der Waals surface area contributed by atoms with Gasteiger partial charge in [0, 0.05) is 10.5 Å². The standard InChI is InChI=1S/C22H22F2N4OS/c1-13-9-10-17(15(3)11-13)22(23,24)12-25-20(29)19-21(28-27-16(4)26-19)30-18-8-6-5-7-14(18)2/h5-11H,12H2,1-4H3,(H,25,29). The first-order valence-electron chi connectivity index (χ1n) is 9.36. The Morgan fingerprint density at radius 3 is 2.47 bits per heavy atom. The minimum atomic E-state index is -3.22. The van der Waals surface area contributed by atoms with E-state index in [1.807, 2.05) is 38.1 Å². The fourth-order valence-electron chi connectivity index (χ4n) is 2.98. The largest absolute Gasteiger partial charge is 0.344 e. The Kier molecular flexibility index (Phi) is 6.45. The molecule has 1 amide bonds. The number of halogens is 2. The van der Waals surface area contributed by atoms with Crippen LogP contribution < -0.4 is 5.32 Å². The molecule has 0 spiro atoms. The third-order valence-electron chi connectivity index (χ3n) is 4.52. The number of amides is 1. The monoisotopic (exact) mass is 428 g/mol. The third-order valence-corrected chi connectivity index (χ3v) is 5.67. The van der Waals surface area contributed by atoms with E-state index in [1.54, 1.807) is 26.0 Å². The summed E-state index contributed by atoms with van der Waals surface area (Å²) in [4.78, 5) is 17.8. The van der Waals surface area contributed by atoms with Gasteiger partial charge in [-0.2, -0.15) is 8.78 Å². The van der Waals surface area contributed by atoms with Gasteiger partial charge in [0.15, 0.2) is 10.7 Å². The highest BCUT2D eigenvalue weighted by Gasteiger charge is 2.34. The Balaban J connectivity index is 1.81. The average molecular weight is 429 g/mol. The zero-order chi connectivity index (χ0) is 21.9. The number of carbonyl (C=O) groups is 1. The van der Waals surface area contributed by atoms with Crippen LogP contribution in [-0.4, -0.2) is 27.6 Å². The number of aryl methyl sites for hydroxylation is 4. The van der Waals surface area contributed by atoms with E-state index in [0.717, 1.165) is 16.0 Å². The van der Waals surface area contributed by atoms with Gasteiger partial charge >= 0.3 is 0 Å². The molecule has 0 atom stereocenters. The maximum atomic E-state index is 14.7. The zero-order valence-electron chi connectivity index (χ0n) is 17.2. The van der Waals surface area contributed by atoms with Crippen LogP contribution in [0.25, 0.3) is 0 Å². The molecule has 0 aliphatic rings. The summed E-state index contributed by atoms with van der Waals surface area (Å²) in [7, 11) is 0. The summed E-state index contributed by atoms with van der Waals surface area (Å²) in [6.45, 7) is 6.16. The van der Waals surface area contributed by atoms with Gasteiger partial charge in [-0.25, -0.2) is 4.98 Å². The van der Waals surface area contributed by atoms with Crippen molar-refractivity contribution in [1.82, 2.24) is 20.5 Å². The topological polar surface area (TPSA) is 67.8 Å². The first-order valence-corrected chi connectivity index (χ1v) is 10.2. The number of aromatic nitrogens is 3. The van der Waals surface area contributed by atoms with E-state index in [-0.39, 0.29) is 22.1 Å². The van der Waals surface area contributed by atoms with Crippen LogP contribution in [0.4, 0.5) is 8.78 Å². The molecule has 1 N–H and O–H groups in total. The number of carbonyl (C=O) groups excluding carboxylic acids is 1. The summed E-state index contributed by atoms with van der Waals surface area (Å²) in [5.41, 5.74) is 2.24. The van der Waals surface area contributed by atoms with Crippen LogP contribution in [0, 0.1) is 27.7 Å². The first kappa shape index (κ1) is 21.8. The number of benzene rings is 2. The summed E-state index contributed by atoms with van der Waals surface area (Å²) < 4.78 is 29.5. The molecule has 1 aromatic heterocycles. The summed E-state index contributed by atoms with van der Waals surface area (Å²) in [6.07, 6.45) is 0. The third kappa shape index (κ3) is 4.99. The second-order valence-electron chi connectivity index (χ2n) is 7.09. The van der Waals surface area contributed by atoms with Gasteiger partial charge in [-0.15, -0.1) is 10.2 Å². The smallest absolute Gasteiger partial charge is 0.290 e. The van der Waals surface area contributed by atoms with E-state index < -0.39 is 18.4 Å². The number of alkyl halides is 2.